The van der Waals surface area contributed by atoms with E-state index in [1.54, 1.807) is 12.1 Å². The normalized spacial score (nSPS) is 10.3. The first-order valence-corrected chi connectivity index (χ1v) is 9.59. The number of carbonyl (C=O) groups is 1. The molecule has 27 heavy (non-hydrogen) atoms. The number of rotatable bonds is 12. The Balaban J connectivity index is 1.70. The number of anilines is 1. The van der Waals surface area contributed by atoms with Crippen molar-refractivity contribution in [3.05, 3.63) is 48.5 Å². The number of ether oxygens (including phenoxy) is 3. The van der Waals surface area contributed by atoms with E-state index in [2.05, 4.69) is 12.2 Å². The first kappa shape index (κ1) is 20.6. The topological polar surface area (TPSA) is 56.8 Å². The van der Waals surface area contributed by atoms with E-state index >= 15 is 0 Å². The largest absolute Gasteiger partial charge is 0.494 e. The summed E-state index contributed by atoms with van der Waals surface area (Å²) in [5, 5.41) is 2.81. The molecule has 0 bridgehead atoms. The molecule has 5 heteroatoms. The van der Waals surface area contributed by atoms with Gasteiger partial charge in [0.2, 0.25) is 0 Å². The average molecular weight is 371 g/mol. The van der Waals surface area contributed by atoms with E-state index in [4.69, 9.17) is 14.2 Å². The molecule has 0 aliphatic heterocycles. The maximum Gasteiger partial charge on any atom is 0.262 e. The molecule has 146 valence electrons. The second-order valence-electron chi connectivity index (χ2n) is 6.17. The number of carbonyl (C=O) groups excluding carboxylic acids is 1. The number of unbranched alkanes of at least 4 members (excludes halogenated alkanes) is 3. The van der Waals surface area contributed by atoms with Gasteiger partial charge in [0, 0.05) is 5.69 Å². The fourth-order valence-electron chi connectivity index (χ4n) is 2.50. The van der Waals surface area contributed by atoms with Crippen molar-refractivity contribution in [1.29, 1.82) is 0 Å². The Morgan fingerprint density at radius 3 is 2.00 bits per heavy atom. The Bertz CT molecular complexity index is 668. The van der Waals surface area contributed by atoms with Crippen molar-refractivity contribution in [2.45, 2.75) is 39.5 Å². The Morgan fingerprint density at radius 2 is 1.37 bits per heavy atom. The highest BCUT2D eigenvalue weighted by molar-refractivity contribution is 5.91. The predicted molar refractivity (Wildman–Crippen MR) is 108 cm³/mol. The van der Waals surface area contributed by atoms with E-state index < -0.39 is 0 Å². The van der Waals surface area contributed by atoms with E-state index in [1.807, 2.05) is 43.3 Å². The summed E-state index contributed by atoms with van der Waals surface area (Å²) in [7, 11) is 0. The second kappa shape index (κ2) is 11.8. The van der Waals surface area contributed by atoms with Crippen molar-refractivity contribution in [2.75, 3.05) is 25.1 Å². The lowest BCUT2D eigenvalue weighted by atomic mass is 10.2. The molecule has 0 heterocycles. The summed E-state index contributed by atoms with van der Waals surface area (Å²) in [5.41, 5.74) is 0.716. The quantitative estimate of drug-likeness (QED) is 0.530. The molecule has 0 spiro atoms. The van der Waals surface area contributed by atoms with Crippen molar-refractivity contribution >= 4 is 11.6 Å². The summed E-state index contributed by atoms with van der Waals surface area (Å²) in [6.45, 7) is 5.41. The highest BCUT2D eigenvalue weighted by Gasteiger charge is 2.05. The summed E-state index contributed by atoms with van der Waals surface area (Å²) in [4.78, 5) is 12.0. The van der Waals surface area contributed by atoms with Crippen LogP contribution in [0, 0.1) is 0 Å². The minimum Gasteiger partial charge on any atom is -0.494 e. The molecule has 2 rings (SSSR count). The van der Waals surface area contributed by atoms with Crippen LogP contribution in [0.15, 0.2) is 48.5 Å². The monoisotopic (exact) mass is 371 g/mol. The molecule has 2 aromatic rings. The third kappa shape index (κ3) is 8.03. The summed E-state index contributed by atoms with van der Waals surface area (Å²) in [5.74, 6) is 2.01. The van der Waals surface area contributed by atoms with Crippen LogP contribution in [0.2, 0.25) is 0 Å². The van der Waals surface area contributed by atoms with Gasteiger partial charge >= 0.3 is 0 Å². The van der Waals surface area contributed by atoms with Crippen LogP contribution in [-0.4, -0.2) is 25.7 Å². The van der Waals surface area contributed by atoms with E-state index in [0.717, 1.165) is 24.5 Å². The van der Waals surface area contributed by atoms with Crippen molar-refractivity contribution in [3.8, 4) is 17.2 Å². The van der Waals surface area contributed by atoms with Crippen LogP contribution in [0.5, 0.6) is 17.2 Å². The summed E-state index contributed by atoms with van der Waals surface area (Å²) in [6.07, 6.45) is 4.72. The third-order valence-electron chi connectivity index (χ3n) is 3.91. The summed E-state index contributed by atoms with van der Waals surface area (Å²) < 4.78 is 16.6. The fourth-order valence-corrected chi connectivity index (χ4v) is 2.50. The number of hydrogen-bond donors (Lipinski definition) is 1. The fraction of sp³-hybridized carbons (Fsp3) is 0.409. The van der Waals surface area contributed by atoms with Gasteiger partial charge in [-0.2, -0.15) is 0 Å². The average Bonchev–Trinajstić information content (AvgIpc) is 2.69. The zero-order valence-corrected chi connectivity index (χ0v) is 16.2. The molecule has 1 amide bonds. The van der Waals surface area contributed by atoms with Crippen LogP contribution in [0.1, 0.15) is 39.5 Å². The van der Waals surface area contributed by atoms with Gasteiger partial charge in [-0.25, -0.2) is 0 Å². The highest BCUT2D eigenvalue weighted by atomic mass is 16.5. The van der Waals surface area contributed by atoms with Crippen LogP contribution >= 0.6 is 0 Å². The van der Waals surface area contributed by atoms with Crippen LogP contribution in [-0.2, 0) is 4.79 Å². The zero-order chi connectivity index (χ0) is 19.3. The lowest BCUT2D eigenvalue weighted by Crippen LogP contribution is -2.20. The van der Waals surface area contributed by atoms with Gasteiger partial charge in [0.1, 0.15) is 17.2 Å². The number of amides is 1. The van der Waals surface area contributed by atoms with Gasteiger partial charge in [-0.05, 0) is 61.9 Å². The van der Waals surface area contributed by atoms with E-state index in [-0.39, 0.29) is 12.5 Å². The number of nitrogens with one attached hydrogen (secondary N) is 1. The maximum atomic E-state index is 12.0. The molecule has 0 aliphatic rings. The van der Waals surface area contributed by atoms with Crippen LogP contribution in [0.3, 0.4) is 0 Å². The molecular weight excluding hydrogens is 342 g/mol. The lowest BCUT2D eigenvalue weighted by Gasteiger charge is -2.10. The first-order valence-electron chi connectivity index (χ1n) is 9.59. The van der Waals surface area contributed by atoms with Gasteiger partial charge in [0.25, 0.3) is 5.91 Å². The Kier molecular flexibility index (Phi) is 9.04. The van der Waals surface area contributed by atoms with Crippen LogP contribution in [0.25, 0.3) is 0 Å². The highest BCUT2D eigenvalue weighted by Crippen LogP contribution is 2.18. The molecular formula is C22H29NO4. The summed E-state index contributed by atoms with van der Waals surface area (Å²) in [6, 6.07) is 14.6. The van der Waals surface area contributed by atoms with Gasteiger partial charge in [0.05, 0.1) is 13.2 Å². The smallest absolute Gasteiger partial charge is 0.262 e. The molecule has 5 nitrogen and oxygen atoms in total. The number of benzene rings is 2. The van der Waals surface area contributed by atoms with Gasteiger partial charge < -0.3 is 19.5 Å². The minimum atomic E-state index is -0.211. The van der Waals surface area contributed by atoms with Crippen molar-refractivity contribution in [1.82, 2.24) is 0 Å². The molecule has 0 fully saturated rings. The Morgan fingerprint density at radius 1 is 0.778 bits per heavy atom. The van der Waals surface area contributed by atoms with E-state index in [0.29, 0.717) is 18.0 Å². The van der Waals surface area contributed by atoms with Crippen molar-refractivity contribution in [3.63, 3.8) is 0 Å². The maximum absolute atomic E-state index is 12.0. The standard InChI is InChI=1S/C22H29NO4/c1-3-5-6-7-16-26-20-10-8-18(9-11-20)23-22(24)17-27-21-14-12-19(13-15-21)25-4-2/h8-15H,3-7,16-17H2,1-2H3,(H,23,24). The van der Waals surface area contributed by atoms with Crippen LogP contribution in [0.4, 0.5) is 5.69 Å². The lowest BCUT2D eigenvalue weighted by molar-refractivity contribution is -0.118. The Labute approximate surface area is 161 Å². The van der Waals surface area contributed by atoms with E-state index in [9.17, 15) is 4.79 Å². The molecule has 0 unspecified atom stereocenters. The predicted octanol–water partition coefficient (Wildman–Crippen LogP) is 5.06. The van der Waals surface area contributed by atoms with Gasteiger partial charge in [-0.15, -0.1) is 0 Å². The first-order chi connectivity index (χ1) is 13.2. The molecule has 0 aromatic heterocycles. The third-order valence-corrected chi connectivity index (χ3v) is 3.91. The molecule has 2 aromatic carbocycles. The van der Waals surface area contributed by atoms with Crippen molar-refractivity contribution < 1.29 is 19.0 Å². The van der Waals surface area contributed by atoms with E-state index in [1.165, 1.54) is 19.3 Å². The molecule has 0 aliphatic carbocycles. The Hall–Kier alpha value is -2.69. The number of hydrogen-bond acceptors (Lipinski definition) is 4. The second-order valence-corrected chi connectivity index (χ2v) is 6.17. The van der Waals surface area contributed by atoms with Crippen molar-refractivity contribution in [2.24, 2.45) is 0 Å². The van der Waals surface area contributed by atoms with Gasteiger partial charge in [-0.3, -0.25) is 4.79 Å². The van der Waals surface area contributed by atoms with Gasteiger partial charge in [0.15, 0.2) is 6.61 Å². The minimum absolute atomic E-state index is 0.0519. The van der Waals surface area contributed by atoms with Crippen LogP contribution < -0.4 is 19.5 Å². The SMILES string of the molecule is CCCCCCOc1ccc(NC(=O)COc2ccc(OCC)cc2)cc1. The van der Waals surface area contributed by atoms with Gasteiger partial charge in [-0.1, -0.05) is 26.2 Å². The molecule has 0 atom stereocenters. The molecule has 1 N–H and O–H groups in total. The molecule has 0 radical (unpaired) electrons. The summed E-state index contributed by atoms with van der Waals surface area (Å²) >= 11 is 0. The zero-order valence-electron chi connectivity index (χ0n) is 16.2. The molecule has 0 saturated carbocycles. The molecule has 0 saturated heterocycles.